The van der Waals surface area contributed by atoms with Crippen LogP contribution in [0.3, 0.4) is 0 Å². The smallest absolute Gasteiger partial charge is 0.305 e. The molecule has 0 aliphatic rings. The van der Waals surface area contributed by atoms with Gasteiger partial charge in [0.25, 0.3) is 0 Å². The third kappa shape index (κ3) is 36.4. The van der Waals surface area contributed by atoms with Crippen LogP contribution in [0.2, 0.25) is 0 Å². The third-order valence-electron chi connectivity index (χ3n) is 5.15. The molecule has 0 rings (SSSR count). The molecular weight excluding hydrogens is 390 g/mol. The number of rotatable bonds is 20. The monoisotopic (exact) mass is 443 g/mol. The van der Waals surface area contributed by atoms with Gasteiger partial charge in [0.05, 0.1) is 5.92 Å². The van der Waals surface area contributed by atoms with E-state index in [1.165, 1.54) is 96.3 Å². The Labute approximate surface area is 192 Å². The maximum Gasteiger partial charge on any atom is 0.305 e. The van der Waals surface area contributed by atoms with Crippen molar-refractivity contribution in [3.63, 3.8) is 0 Å². The zero-order valence-electron chi connectivity index (χ0n) is 20.9. The van der Waals surface area contributed by atoms with Crippen molar-refractivity contribution in [1.82, 2.24) is 6.15 Å². The van der Waals surface area contributed by atoms with Gasteiger partial charge in [0.1, 0.15) is 0 Å². The Morgan fingerprint density at radius 2 is 0.968 bits per heavy atom. The number of aliphatic carboxylic acids is 2. The topological polar surface area (TPSA) is 110 Å². The molecule has 0 aromatic rings. The highest BCUT2D eigenvalue weighted by Gasteiger charge is 1.99. The summed E-state index contributed by atoms with van der Waals surface area (Å²) in [5, 5.41) is 16.5. The first-order valence-corrected chi connectivity index (χ1v) is 12.5. The van der Waals surface area contributed by atoms with Gasteiger partial charge in [0.15, 0.2) is 0 Å². The zero-order chi connectivity index (χ0) is 22.9. The predicted molar refractivity (Wildman–Crippen MR) is 133 cm³/mol. The van der Waals surface area contributed by atoms with E-state index in [4.69, 9.17) is 10.2 Å². The molecule has 0 aromatic carbocycles. The molecule has 5 heteroatoms. The van der Waals surface area contributed by atoms with Crippen LogP contribution in [0.15, 0.2) is 12.2 Å². The number of allylic oxidation sites excluding steroid dienone is 2. The van der Waals surface area contributed by atoms with Crippen molar-refractivity contribution in [2.45, 2.75) is 136 Å². The Kier molecular flexibility index (Phi) is 31.6. The average molecular weight is 444 g/mol. The largest absolute Gasteiger partial charge is 0.481 e. The quantitative estimate of drug-likeness (QED) is 0.129. The molecule has 0 saturated heterocycles. The number of hydrogen-bond acceptors (Lipinski definition) is 3. The molecule has 0 aliphatic carbocycles. The summed E-state index contributed by atoms with van der Waals surface area (Å²) in [5.74, 6) is -1.63. The van der Waals surface area contributed by atoms with Gasteiger partial charge in [-0.15, -0.1) is 0 Å². The molecule has 0 fully saturated rings. The Balaban J connectivity index is -0.000000976. The van der Waals surface area contributed by atoms with E-state index in [9.17, 15) is 9.59 Å². The van der Waals surface area contributed by atoms with Crippen molar-refractivity contribution in [3.05, 3.63) is 12.2 Å². The second kappa shape index (κ2) is 28.6. The van der Waals surface area contributed by atoms with Gasteiger partial charge in [-0.25, -0.2) is 0 Å². The van der Waals surface area contributed by atoms with E-state index in [1.54, 1.807) is 13.8 Å². The van der Waals surface area contributed by atoms with Crippen molar-refractivity contribution in [3.8, 4) is 0 Å². The lowest BCUT2D eigenvalue weighted by atomic mass is 10.1. The van der Waals surface area contributed by atoms with Crippen LogP contribution in [0.1, 0.15) is 136 Å². The number of carboxylic acid groups (broad SMARTS) is 2. The molecule has 31 heavy (non-hydrogen) atoms. The fourth-order valence-electron chi connectivity index (χ4n) is 3.05. The summed E-state index contributed by atoms with van der Waals surface area (Å²) >= 11 is 0. The number of carboxylic acids is 2. The minimum atomic E-state index is -0.741. The standard InChI is InChI=1S/C22H42O2.C4H8O2.H3N/c1-2-3-4-5-6-7-8-9-10-11-12-13-14-15-16-17-18-19-20-21-22(23)24;1-3(2)4(5)6;/h9-10H,2-8,11-21H2,1H3,(H,23,24);3H,1-2H3,(H,5,6);1H3/b10-9-;;. The van der Waals surface area contributed by atoms with Gasteiger partial charge >= 0.3 is 11.9 Å². The number of hydrogen-bond donors (Lipinski definition) is 3. The van der Waals surface area contributed by atoms with E-state index in [1.807, 2.05) is 0 Å². The first-order chi connectivity index (χ1) is 14.4. The molecule has 0 atom stereocenters. The van der Waals surface area contributed by atoms with Gasteiger partial charge in [0.2, 0.25) is 0 Å². The summed E-state index contributed by atoms with van der Waals surface area (Å²) in [6, 6.07) is 0. The molecule has 0 aromatic heterocycles. The second-order valence-corrected chi connectivity index (χ2v) is 8.64. The van der Waals surface area contributed by atoms with E-state index < -0.39 is 11.9 Å². The van der Waals surface area contributed by atoms with Crippen molar-refractivity contribution < 1.29 is 19.8 Å². The van der Waals surface area contributed by atoms with E-state index in [2.05, 4.69) is 19.1 Å². The van der Waals surface area contributed by atoms with E-state index >= 15 is 0 Å². The van der Waals surface area contributed by atoms with Crippen LogP contribution in [-0.2, 0) is 9.59 Å². The van der Waals surface area contributed by atoms with Crippen molar-refractivity contribution in [2.75, 3.05) is 0 Å². The molecule has 0 bridgehead atoms. The Hall–Kier alpha value is -1.36. The molecule has 5 nitrogen and oxygen atoms in total. The lowest BCUT2D eigenvalue weighted by Crippen LogP contribution is -2.03. The molecule has 0 heterocycles. The average Bonchev–Trinajstić information content (AvgIpc) is 2.70. The van der Waals surface area contributed by atoms with E-state index in [-0.39, 0.29) is 12.1 Å². The van der Waals surface area contributed by atoms with Gasteiger partial charge in [-0.05, 0) is 32.1 Å². The maximum absolute atomic E-state index is 10.4. The van der Waals surface area contributed by atoms with Crippen LogP contribution >= 0.6 is 0 Å². The molecule has 5 N–H and O–H groups in total. The molecular formula is C26H53NO4. The van der Waals surface area contributed by atoms with Crippen LogP contribution in [-0.4, -0.2) is 22.2 Å². The second-order valence-electron chi connectivity index (χ2n) is 8.64. The van der Waals surface area contributed by atoms with Crippen molar-refractivity contribution in [1.29, 1.82) is 0 Å². The fourth-order valence-corrected chi connectivity index (χ4v) is 3.05. The summed E-state index contributed by atoms with van der Waals surface area (Å²) < 4.78 is 0. The maximum atomic E-state index is 10.4. The van der Waals surface area contributed by atoms with Crippen molar-refractivity contribution in [2.24, 2.45) is 5.92 Å². The lowest BCUT2D eigenvalue weighted by molar-refractivity contribution is -0.140. The van der Waals surface area contributed by atoms with Gasteiger partial charge < -0.3 is 16.4 Å². The molecule has 0 spiro atoms. The van der Waals surface area contributed by atoms with Crippen LogP contribution in [0.4, 0.5) is 0 Å². The van der Waals surface area contributed by atoms with Crippen LogP contribution in [0.5, 0.6) is 0 Å². The van der Waals surface area contributed by atoms with Gasteiger partial charge in [-0.2, -0.15) is 0 Å². The van der Waals surface area contributed by atoms with Crippen LogP contribution < -0.4 is 6.15 Å². The molecule has 0 unspecified atom stereocenters. The summed E-state index contributed by atoms with van der Waals surface area (Å²) in [6.07, 6.45) is 27.1. The van der Waals surface area contributed by atoms with E-state index in [0.717, 1.165) is 12.8 Å². The third-order valence-corrected chi connectivity index (χ3v) is 5.15. The van der Waals surface area contributed by atoms with Gasteiger partial charge in [-0.1, -0.05) is 110 Å². The molecule has 186 valence electrons. The first kappa shape index (κ1) is 34.3. The Morgan fingerprint density at radius 3 is 1.29 bits per heavy atom. The normalized spacial score (nSPS) is 10.6. The molecule has 0 saturated carbocycles. The SMILES string of the molecule is CC(C)C(=O)O.CCCCCCCC/C=C\CCCCCCCCCCCC(=O)O.N. The minimum absolute atomic E-state index is 0. The van der Waals surface area contributed by atoms with Crippen LogP contribution in [0, 0.1) is 5.92 Å². The fraction of sp³-hybridized carbons (Fsp3) is 0.846. The summed E-state index contributed by atoms with van der Waals surface area (Å²) in [6.45, 7) is 5.55. The molecule has 0 amide bonds. The highest BCUT2D eigenvalue weighted by atomic mass is 16.4. The van der Waals surface area contributed by atoms with Gasteiger partial charge in [-0.3, -0.25) is 9.59 Å². The van der Waals surface area contributed by atoms with Crippen molar-refractivity contribution >= 4 is 11.9 Å². The molecule has 0 aliphatic heterocycles. The molecule has 0 radical (unpaired) electrons. The minimum Gasteiger partial charge on any atom is -0.481 e. The first-order valence-electron chi connectivity index (χ1n) is 12.5. The summed E-state index contributed by atoms with van der Waals surface area (Å²) in [7, 11) is 0. The zero-order valence-corrected chi connectivity index (χ0v) is 20.9. The van der Waals surface area contributed by atoms with Crippen LogP contribution in [0.25, 0.3) is 0 Å². The Morgan fingerprint density at radius 1 is 0.645 bits per heavy atom. The number of unbranched alkanes of at least 4 members (excludes halogenated alkanes) is 15. The predicted octanol–water partition coefficient (Wildman–Crippen LogP) is 8.56. The van der Waals surface area contributed by atoms with E-state index in [0.29, 0.717) is 6.42 Å². The number of carbonyl (C=O) groups is 2. The highest BCUT2D eigenvalue weighted by Crippen LogP contribution is 2.12. The Bertz CT molecular complexity index is 408. The summed E-state index contributed by atoms with van der Waals surface area (Å²) in [4.78, 5) is 20.1. The summed E-state index contributed by atoms with van der Waals surface area (Å²) in [5.41, 5.74) is 0. The van der Waals surface area contributed by atoms with Gasteiger partial charge in [0, 0.05) is 6.42 Å². The lowest BCUT2D eigenvalue weighted by Gasteiger charge is -2.01. The highest BCUT2D eigenvalue weighted by molar-refractivity contribution is 5.68.